The Hall–Kier alpha value is -0.880. The summed E-state index contributed by atoms with van der Waals surface area (Å²) >= 11 is 0. The standard InChI is InChI=1S/C12H19O2/c1-2-3-6-9-12(14)10-7-4-5-8-11-13/h2-7,9-10H2,1H3. The lowest BCUT2D eigenvalue weighted by molar-refractivity contribution is -0.119. The fourth-order valence-electron chi connectivity index (χ4n) is 1.28. The van der Waals surface area contributed by atoms with E-state index in [0.717, 1.165) is 38.5 Å². The maximum absolute atomic E-state index is 11.3. The summed E-state index contributed by atoms with van der Waals surface area (Å²) in [6.07, 6.45) is 9.54. The van der Waals surface area contributed by atoms with Crippen LogP contribution in [0.15, 0.2) is 0 Å². The lowest BCUT2D eigenvalue weighted by atomic mass is 10.1. The van der Waals surface area contributed by atoms with E-state index >= 15 is 0 Å². The summed E-state index contributed by atoms with van der Waals surface area (Å²) < 4.78 is 0. The average Bonchev–Trinajstić information content (AvgIpc) is 2.18. The van der Waals surface area contributed by atoms with Gasteiger partial charge in [0.2, 0.25) is 0 Å². The summed E-state index contributed by atoms with van der Waals surface area (Å²) in [6, 6.07) is 0. The lowest BCUT2D eigenvalue weighted by Gasteiger charge is -1.98. The highest BCUT2D eigenvalue weighted by atomic mass is 16.1. The van der Waals surface area contributed by atoms with Crippen molar-refractivity contribution in [1.82, 2.24) is 0 Å². The van der Waals surface area contributed by atoms with Crippen LogP contribution < -0.4 is 0 Å². The van der Waals surface area contributed by atoms with Crippen LogP contribution in [0.1, 0.15) is 58.3 Å². The minimum atomic E-state index is 0.355. The van der Waals surface area contributed by atoms with Gasteiger partial charge in [-0.25, -0.2) is 4.79 Å². The fourth-order valence-corrected chi connectivity index (χ4v) is 1.28. The minimum absolute atomic E-state index is 0.355. The van der Waals surface area contributed by atoms with Gasteiger partial charge >= 0.3 is 0 Å². The Morgan fingerprint density at radius 3 is 2.29 bits per heavy atom. The summed E-state index contributed by atoms with van der Waals surface area (Å²) in [7, 11) is 0. The molecule has 0 unspecified atom stereocenters. The van der Waals surface area contributed by atoms with Gasteiger partial charge in [0, 0.05) is 12.8 Å². The maximum Gasteiger partial charge on any atom is 0.132 e. The highest BCUT2D eigenvalue weighted by molar-refractivity contribution is 5.78. The number of Topliss-reactive ketones (excluding diaryl/α,β-unsaturated/α-hetero) is 1. The van der Waals surface area contributed by atoms with E-state index in [1.807, 2.05) is 0 Å². The van der Waals surface area contributed by atoms with Crippen molar-refractivity contribution in [2.75, 3.05) is 0 Å². The predicted octanol–water partition coefficient (Wildman–Crippen LogP) is 2.89. The zero-order valence-electron chi connectivity index (χ0n) is 8.97. The largest absolute Gasteiger partial charge is 0.300 e. The average molecular weight is 195 g/mol. The van der Waals surface area contributed by atoms with Crippen molar-refractivity contribution in [3.8, 4) is 0 Å². The maximum atomic E-state index is 11.3. The van der Waals surface area contributed by atoms with Gasteiger partial charge < -0.3 is 0 Å². The van der Waals surface area contributed by atoms with E-state index in [4.69, 9.17) is 0 Å². The third kappa shape index (κ3) is 9.21. The summed E-state index contributed by atoms with van der Waals surface area (Å²) in [6.45, 7) is 2.13. The molecule has 0 aliphatic rings. The first-order valence-electron chi connectivity index (χ1n) is 5.43. The first-order valence-corrected chi connectivity index (χ1v) is 5.43. The van der Waals surface area contributed by atoms with Crippen LogP contribution in [0, 0.1) is 6.08 Å². The van der Waals surface area contributed by atoms with Crippen molar-refractivity contribution in [3.05, 3.63) is 6.08 Å². The van der Waals surface area contributed by atoms with Gasteiger partial charge in [0.1, 0.15) is 11.7 Å². The molecule has 0 fully saturated rings. The van der Waals surface area contributed by atoms with E-state index in [-0.39, 0.29) is 0 Å². The normalized spacial score (nSPS) is 9.50. The van der Waals surface area contributed by atoms with Crippen LogP contribution >= 0.6 is 0 Å². The van der Waals surface area contributed by atoms with Crippen LogP contribution in [0.3, 0.4) is 0 Å². The molecule has 0 amide bonds. The molecule has 0 rings (SSSR count). The van der Waals surface area contributed by atoms with E-state index in [9.17, 15) is 9.59 Å². The molecule has 0 heterocycles. The number of ketones is 1. The SMILES string of the molecule is CCCCCC(=O)CCCC[C]=C=O. The van der Waals surface area contributed by atoms with E-state index in [1.54, 1.807) is 5.94 Å². The van der Waals surface area contributed by atoms with Gasteiger partial charge in [0.05, 0.1) is 6.08 Å². The second kappa shape index (κ2) is 10.2. The van der Waals surface area contributed by atoms with Crippen molar-refractivity contribution in [3.63, 3.8) is 0 Å². The minimum Gasteiger partial charge on any atom is -0.300 e. The fraction of sp³-hybridized carbons (Fsp3) is 0.750. The van der Waals surface area contributed by atoms with Gasteiger partial charge in [-0.15, -0.1) is 0 Å². The van der Waals surface area contributed by atoms with Crippen molar-refractivity contribution >= 4 is 11.7 Å². The van der Waals surface area contributed by atoms with Crippen molar-refractivity contribution < 1.29 is 9.59 Å². The smallest absolute Gasteiger partial charge is 0.132 e. The first kappa shape index (κ1) is 13.1. The molecular formula is C12H19O2. The Labute approximate surface area is 86.4 Å². The quantitative estimate of drug-likeness (QED) is 0.419. The Kier molecular flexibility index (Phi) is 9.56. The Balaban J connectivity index is 3.22. The Morgan fingerprint density at radius 1 is 1.07 bits per heavy atom. The van der Waals surface area contributed by atoms with Crippen LogP contribution in [0.4, 0.5) is 0 Å². The molecule has 0 bridgehead atoms. The lowest BCUT2D eigenvalue weighted by Crippen LogP contribution is -1.97. The van der Waals surface area contributed by atoms with Crippen molar-refractivity contribution in [2.24, 2.45) is 0 Å². The Morgan fingerprint density at radius 2 is 1.71 bits per heavy atom. The van der Waals surface area contributed by atoms with Gasteiger partial charge in [-0.2, -0.15) is 0 Å². The van der Waals surface area contributed by atoms with Crippen LogP contribution in [0.2, 0.25) is 0 Å². The second-order valence-corrected chi connectivity index (χ2v) is 3.48. The topological polar surface area (TPSA) is 34.1 Å². The number of rotatable bonds is 9. The summed E-state index contributed by atoms with van der Waals surface area (Å²) in [5, 5.41) is 0. The zero-order chi connectivity index (χ0) is 10.6. The molecule has 1 radical (unpaired) electrons. The molecule has 0 saturated heterocycles. The summed E-state index contributed by atoms with van der Waals surface area (Å²) in [4.78, 5) is 21.0. The van der Waals surface area contributed by atoms with E-state index in [2.05, 4.69) is 13.0 Å². The highest BCUT2D eigenvalue weighted by Gasteiger charge is 2.00. The number of unbranched alkanes of at least 4 members (excludes halogenated alkanes) is 4. The third-order valence-electron chi connectivity index (χ3n) is 2.14. The summed E-state index contributed by atoms with van der Waals surface area (Å²) in [5.74, 6) is 1.97. The second-order valence-electron chi connectivity index (χ2n) is 3.48. The third-order valence-corrected chi connectivity index (χ3v) is 2.14. The molecule has 0 aromatic rings. The van der Waals surface area contributed by atoms with Crippen molar-refractivity contribution in [2.45, 2.75) is 58.3 Å². The van der Waals surface area contributed by atoms with E-state index in [0.29, 0.717) is 18.6 Å². The van der Waals surface area contributed by atoms with E-state index in [1.165, 1.54) is 0 Å². The van der Waals surface area contributed by atoms with Crippen molar-refractivity contribution in [1.29, 1.82) is 0 Å². The molecular weight excluding hydrogens is 176 g/mol. The molecule has 2 heteroatoms. The molecule has 0 aromatic heterocycles. The molecule has 0 atom stereocenters. The van der Waals surface area contributed by atoms with E-state index < -0.39 is 0 Å². The number of carbonyl (C=O) groups is 1. The Bertz CT molecular complexity index is 190. The molecule has 0 aromatic carbocycles. The van der Waals surface area contributed by atoms with Gasteiger partial charge in [-0.3, -0.25) is 4.79 Å². The van der Waals surface area contributed by atoms with Crippen LogP contribution in [-0.2, 0) is 9.59 Å². The van der Waals surface area contributed by atoms with Crippen LogP contribution in [0.25, 0.3) is 0 Å². The molecule has 0 saturated carbocycles. The molecule has 0 spiro atoms. The van der Waals surface area contributed by atoms with Crippen LogP contribution in [-0.4, -0.2) is 11.7 Å². The first-order chi connectivity index (χ1) is 6.81. The number of hydrogen-bond acceptors (Lipinski definition) is 2. The van der Waals surface area contributed by atoms with Gasteiger partial charge in [0.25, 0.3) is 0 Å². The summed E-state index contributed by atoms with van der Waals surface area (Å²) in [5.41, 5.74) is 0. The molecule has 79 valence electrons. The molecule has 0 aliphatic heterocycles. The number of hydrogen-bond donors (Lipinski definition) is 0. The van der Waals surface area contributed by atoms with Crippen LogP contribution in [0.5, 0.6) is 0 Å². The van der Waals surface area contributed by atoms with Gasteiger partial charge in [-0.05, 0) is 25.7 Å². The molecule has 14 heavy (non-hydrogen) atoms. The van der Waals surface area contributed by atoms with Gasteiger partial charge in [0.15, 0.2) is 0 Å². The molecule has 0 N–H and O–H groups in total. The highest BCUT2D eigenvalue weighted by Crippen LogP contribution is 2.06. The molecule has 0 aliphatic carbocycles. The number of carbonyl (C=O) groups excluding carboxylic acids is 2. The predicted molar refractivity (Wildman–Crippen MR) is 56.6 cm³/mol. The zero-order valence-corrected chi connectivity index (χ0v) is 8.97. The van der Waals surface area contributed by atoms with Gasteiger partial charge in [-0.1, -0.05) is 19.8 Å². The molecule has 2 nitrogen and oxygen atoms in total. The monoisotopic (exact) mass is 195 g/mol. The number of allylic oxidation sites excluding steroid dienone is 1.